The zero-order valence-electron chi connectivity index (χ0n) is 17.4. The van der Waals surface area contributed by atoms with Crippen LogP contribution in [0, 0.1) is 0 Å². The first-order chi connectivity index (χ1) is 16.5. The third kappa shape index (κ3) is 4.65. The number of hydrogen-bond acceptors (Lipinski definition) is 4. The molecule has 3 aromatic carbocycles. The highest BCUT2D eigenvalue weighted by atomic mass is 35.5. The van der Waals surface area contributed by atoms with Gasteiger partial charge in [-0.3, -0.25) is 9.36 Å². The van der Waals surface area contributed by atoms with Crippen LogP contribution in [0.3, 0.4) is 0 Å². The fraction of sp³-hybridized carbons (Fsp3) is 0.0417. The second-order valence-electron chi connectivity index (χ2n) is 7.33. The minimum absolute atomic E-state index is 0.110. The van der Waals surface area contributed by atoms with Crippen molar-refractivity contribution < 1.29 is 4.79 Å². The Morgan fingerprint density at radius 1 is 0.971 bits per heavy atom. The molecule has 1 amide bonds. The third-order valence-corrected chi connectivity index (χ3v) is 6.81. The molecular formula is C24H16Cl3N5OS. The van der Waals surface area contributed by atoms with Gasteiger partial charge in [0.25, 0.3) is 0 Å². The first-order valence-corrected chi connectivity index (χ1v) is 12.3. The van der Waals surface area contributed by atoms with Crippen molar-refractivity contribution in [3.05, 3.63) is 88.0 Å². The smallest absolute Gasteiger partial charge is 0.234 e. The molecule has 0 radical (unpaired) electrons. The van der Waals surface area contributed by atoms with E-state index in [-0.39, 0.29) is 11.7 Å². The minimum Gasteiger partial charge on any atom is -0.360 e. The summed E-state index contributed by atoms with van der Waals surface area (Å²) in [7, 11) is 0. The fourth-order valence-electron chi connectivity index (χ4n) is 3.52. The summed E-state index contributed by atoms with van der Waals surface area (Å²) in [5, 5.41) is 14.7. The molecule has 0 atom stereocenters. The molecule has 5 rings (SSSR count). The molecule has 6 nitrogen and oxygen atoms in total. The zero-order chi connectivity index (χ0) is 23.7. The number of aromatic amines is 1. The Balaban J connectivity index is 1.46. The van der Waals surface area contributed by atoms with E-state index >= 15 is 0 Å². The molecule has 0 saturated heterocycles. The number of nitrogens with zero attached hydrogens (tertiary/aromatic N) is 3. The van der Waals surface area contributed by atoms with Gasteiger partial charge in [0, 0.05) is 38.4 Å². The van der Waals surface area contributed by atoms with Crippen molar-refractivity contribution >= 4 is 69.1 Å². The number of fused-ring (bicyclic) bond motifs is 1. The molecule has 170 valence electrons. The maximum Gasteiger partial charge on any atom is 0.234 e. The molecule has 34 heavy (non-hydrogen) atoms. The van der Waals surface area contributed by atoms with Crippen LogP contribution in [0.4, 0.5) is 5.69 Å². The van der Waals surface area contributed by atoms with E-state index in [0.717, 1.165) is 22.2 Å². The summed E-state index contributed by atoms with van der Waals surface area (Å²) in [6, 6.07) is 20.3. The molecule has 0 aliphatic heterocycles. The highest BCUT2D eigenvalue weighted by molar-refractivity contribution is 7.99. The number of halogens is 3. The van der Waals surface area contributed by atoms with Gasteiger partial charge in [0.1, 0.15) is 0 Å². The van der Waals surface area contributed by atoms with Crippen LogP contribution >= 0.6 is 46.6 Å². The number of carbonyl (C=O) groups excluding carboxylic acids is 1. The molecule has 2 aromatic heterocycles. The van der Waals surface area contributed by atoms with Crippen LogP contribution in [-0.2, 0) is 4.79 Å². The SMILES string of the molecule is O=C(CSc1nnc(-c2c[nH]c3ccccc23)n1-c1ccc(Cl)cc1)Nc1ccc(Cl)cc1Cl. The van der Waals surface area contributed by atoms with Gasteiger partial charge in [-0.25, -0.2) is 0 Å². The molecule has 0 aliphatic carbocycles. The van der Waals surface area contributed by atoms with E-state index in [4.69, 9.17) is 34.8 Å². The summed E-state index contributed by atoms with van der Waals surface area (Å²) in [5.41, 5.74) is 3.23. The van der Waals surface area contributed by atoms with E-state index in [1.54, 1.807) is 30.3 Å². The zero-order valence-corrected chi connectivity index (χ0v) is 20.5. The third-order valence-electron chi connectivity index (χ3n) is 5.09. The maximum absolute atomic E-state index is 12.6. The summed E-state index contributed by atoms with van der Waals surface area (Å²) >= 11 is 19.5. The fourth-order valence-corrected chi connectivity index (χ4v) is 4.86. The Morgan fingerprint density at radius 2 is 1.74 bits per heavy atom. The molecule has 0 bridgehead atoms. The van der Waals surface area contributed by atoms with Gasteiger partial charge >= 0.3 is 0 Å². The van der Waals surface area contributed by atoms with Crippen molar-refractivity contribution in [3.63, 3.8) is 0 Å². The minimum atomic E-state index is -0.228. The Kier molecular flexibility index (Phi) is 6.52. The Morgan fingerprint density at radius 3 is 2.53 bits per heavy atom. The Hall–Kier alpha value is -2.97. The van der Waals surface area contributed by atoms with Crippen molar-refractivity contribution in [2.45, 2.75) is 5.16 Å². The lowest BCUT2D eigenvalue weighted by atomic mass is 10.1. The van der Waals surface area contributed by atoms with Crippen molar-refractivity contribution in [2.75, 3.05) is 11.1 Å². The molecule has 5 aromatic rings. The summed E-state index contributed by atoms with van der Waals surface area (Å²) in [6.45, 7) is 0. The Bertz CT molecular complexity index is 1500. The lowest BCUT2D eigenvalue weighted by Crippen LogP contribution is -2.15. The number of amides is 1. The topological polar surface area (TPSA) is 75.6 Å². The van der Waals surface area contributed by atoms with E-state index in [0.29, 0.717) is 31.7 Å². The first kappa shape index (κ1) is 22.8. The van der Waals surface area contributed by atoms with E-state index in [9.17, 15) is 4.79 Å². The number of H-pyrrole nitrogens is 1. The summed E-state index contributed by atoms with van der Waals surface area (Å²) < 4.78 is 1.92. The first-order valence-electron chi connectivity index (χ1n) is 10.1. The summed E-state index contributed by atoms with van der Waals surface area (Å²) in [4.78, 5) is 15.9. The number of anilines is 1. The van der Waals surface area contributed by atoms with E-state index in [2.05, 4.69) is 20.5 Å². The summed E-state index contributed by atoms with van der Waals surface area (Å²) in [6.07, 6.45) is 1.91. The van der Waals surface area contributed by atoms with Crippen LogP contribution in [0.1, 0.15) is 0 Å². The second-order valence-corrected chi connectivity index (χ2v) is 9.55. The van der Waals surface area contributed by atoms with E-state index < -0.39 is 0 Å². The monoisotopic (exact) mass is 527 g/mol. The van der Waals surface area contributed by atoms with E-state index in [1.807, 2.05) is 47.2 Å². The van der Waals surface area contributed by atoms with Gasteiger partial charge in [0.2, 0.25) is 5.91 Å². The molecule has 0 spiro atoms. The average molecular weight is 529 g/mol. The highest BCUT2D eigenvalue weighted by Crippen LogP contribution is 2.33. The van der Waals surface area contributed by atoms with Crippen LogP contribution in [0.25, 0.3) is 28.0 Å². The number of nitrogens with one attached hydrogen (secondary N) is 2. The van der Waals surface area contributed by atoms with Gasteiger partial charge in [-0.15, -0.1) is 10.2 Å². The molecule has 0 unspecified atom stereocenters. The van der Waals surface area contributed by atoms with E-state index in [1.165, 1.54) is 11.8 Å². The lowest BCUT2D eigenvalue weighted by Gasteiger charge is -2.11. The summed E-state index contributed by atoms with van der Waals surface area (Å²) in [5.74, 6) is 0.537. The molecule has 2 heterocycles. The predicted molar refractivity (Wildman–Crippen MR) is 139 cm³/mol. The number of hydrogen-bond donors (Lipinski definition) is 2. The van der Waals surface area contributed by atoms with Crippen LogP contribution < -0.4 is 5.32 Å². The van der Waals surface area contributed by atoms with Gasteiger partial charge in [-0.2, -0.15) is 0 Å². The largest absolute Gasteiger partial charge is 0.360 e. The van der Waals surface area contributed by atoms with Gasteiger partial charge in [0.15, 0.2) is 11.0 Å². The van der Waals surface area contributed by atoms with Gasteiger partial charge in [-0.05, 0) is 48.5 Å². The van der Waals surface area contributed by atoms with Crippen LogP contribution in [0.5, 0.6) is 0 Å². The quantitative estimate of drug-likeness (QED) is 0.230. The molecule has 10 heteroatoms. The van der Waals surface area contributed by atoms with Crippen molar-refractivity contribution in [1.29, 1.82) is 0 Å². The molecule has 0 saturated carbocycles. The molecule has 0 fully saturated rings. The van der Waals surface area contributed by atoms with Crippen molar-refractivity contribution in [1.82, 2.24) is 19.7 Å². The number of rotatable bonds is 6. The number of thioether (sulfide) groups is 1. The predicted octanol–water partition coefficient (Wildman–Crippen LogP) is 7.11. The average Bonchev–Trinajstić information content (AvgIpc) is 3.44. The number of para-hydroxylation sites is 1. The molecule has 2 N–H and O–H groups in total. The molecule has 0 aliphatic rings. The number of benzene rings is 3. The standard InChI is InChI=1S/C24H16Cl3N5OS/c25-14-5-8-16(9-6-14)32-23(18-12-28-20-4-2-1-3-17(18)20)30-31-24(32)34-13-22(33)29-21-10-7-15(26)11-19(21)27/h1-12,28H,13H2,(H,29,33). The van der Waals surface area contributed by atoms with Gasteiger partial charge < -0.3 is 10.3 Å². The highest BCUT2D eigenvalue weighted by Gasteiger charge is 2.20. The number of carbonyl (C=O) groups is 1. The van der Waals surface area contributed by atoms with Gasteiger partial charge in [-0.1, -0.05) is 64.8 Å². The van der Waals surface area contributed by atoms with Crippen molar-refractivity contribution in [3.8, 4) is 17.1 Å². The maximum atomic E-state index is 12.6. The van der Waals surface area contributed by atoms with Gasteiger partial charge in [0.05, 0.1) is 16.5 Å². The number of aromatic nitrogens is 4. The van der Waals surface area contributed by atoms with Crippen LogP contribution in [0.15, 0.2) is 78.1 Å². The second kappa shape index (κ2) is 9.72. The van der Waals surface area contributed by atoms with Crippen molar-refractivity contribution in [2.24, 2.45) is 0 Å². The molecular weight excluding hydrogens is 513 g/mol. The van der Waals surface area contributed by atoms with Crippen LogP contribution in [-0.4, -0.2) is 31.4 Å². The van der Waals surface area contributed by atoms with Crippen LogP contribution in [0.2, 0.25) is 15.1 Å². The Labute approximate surface area is 214 Å². The normalized spacial score (nSPS) is 11.1. The lowest BCUT2D eigenvalue weighted by molar-refractivity contribution is -0.113.